The van der Waals surface area contributed by atoms with E-state index >= 15 is 0 Å². The van der Waals surface area contributed by atoms with Gasteiger partial charge in [-0.2, -0.15) is 0 Å². The van der Waals surface area contributed by atoms with Crippen molar-refractivity contribution in [2.45, 2.75) is 32.2 Å². The van der Waals surface area contributed by atoms with E-state index in [0.717, 1.165) is 18.5 Å². The molecule has 0 aliphatic carbocycles. The number of nitrogens with two attached hydrogens (primary N) is 1. The second kappa shape index (κ2) is 7.16. The fourth-order valence-electron chi connectivity index (χ4n) is 2.57. The molecule has 1 aliphatic rings. The Bertz CT molecular complexity index is 737. The zero-order chi connectivity index (χ0) is 16.9. The number of nitrogens with one attached hydrogen (secondary N) is 1. The molecule has 0 radical (unpaired) electrons. The fourth-order valence-corrected chi connectivity index (χ4v) is 2.57. The van der Waals surface area contributed by atoms with E-state index in [4.69, 9.17) is 14.9 Å². The first kappa shape index (κ1) is 16.0. The maximum absolute atomic E-state index is 12.2. The number of anilines is 1. The van der Waals surface area contributed by atoms with Gasteiger partial charge in [-0.1, -0.05) is 19.1 Å². The molecule has 0 spiro atoms. The zero-order valence-electron chi connectivity index (χ0n) is 13.5. The first-order chi connectivity index (χ1) is 11.7. The maximum Gasteiger partial charge on any atom is 0.282 e. The lowest BCUT2D eigenvalue weighted by molar-refractivity contribution is 0.102. The predicted molar refractivity (Wildman–Crippen MR) is 90.0 cm³/mol. The van der Waals surface area contributed by atoms with E-state index in [1.807, 2.05) is 31.2 Å². The van der Waals surface area contributed by atoms with Crippen LogP contribution in [0.3, 0.4) is 0 Å². The highest BCUT2D eigenvalue weighted by Crippen LogP contribution is 2.16. The van der Waals surface area contributed by atoms with Crippen LogP contribution in [0, 0.1) is 0 Å². The monoisotopic (exact) mass is 328 g/mol. The van der Waals surface area contributed by atoms with Gasteiger partial charge in [0.15, 0.2) is 12.1 Å². The summed E-state index contributed by atoms with van der Waals surface area (Å²) in [6, 6.07) is 8.13. The molecule has 7 nitrogen and oxygen atoms in total. The van der Waals surface area contributed by atoms with E-state index in [9.17, 15) is 4.79 Å². The second-order valence-electron chi connectivity index (χ2n) is 5.60. The summed E-state index contributed by atoms with van der Waals surface area (Å²) in [7, 11) is 0. The number of carbonyl (C=O) groups is 1. The summed E-state index contributed by atoms with van der Waals surface area (Å²) in [5.74, 6) is 0.323. The molecule has 126 valence electrons. The number of aromatic nitrogens is 1. The molecule has 24 heavy (non-hydrogen) atoms. The topological polar surface area (TPSA) is 103 Å². The van der Waals surface area contributed by atoms with Crippen molar-refractivity contribution in [3.8, 4) is 0 Å². The third-order valence-electron chi connectivity index (χ3n) is 3.89. The minimum absolute atomic E-state index is 0.129. The largest absolute Gasteiger partial charge is 0.463 e. The molecule has 3 rings (SSSR count). The highest BCUT2D eigenvalue weighted by Gasteiger charge is 2.17. The minimum atomic E-state index is -0.263. The number of nitrogens with zero attached hydrogens (tertiary/aromatic N) is 2. The smallest absolute Gasteiger partial charge is 0.282 e. The van der Waals surface area contributed by atoms with Crippen molar-refractivity contribution in [2.75, 3.05) is 11.9 Å². The number of ether oxygens (including phenoxy) is 1. The van der Waals surface area contributed by atoms with Crippen molar-refractivity contribution < 1.29 is 13.9 Å². The summed E-state index contributed by atoms with van der Waals surface area (Å²) in [4.78, 5) is 20.4. The molecule has 2 aromatic rings. The highest BCUT2D eigenvalue weighted by atomic mass is 16.5. The Morgan fingerprint density at radius 1 is 1.38 bits per heavy atom. The Labute approximate surface area is 139 Å². The van der Waals surface area contributed by atoms with Gasteiger partial charge >= 0.3 is 0 Å². The number of carbonyl (C=O) groups excluding carboxylic acids is 1. The molecule has 2 heterocycles. The van der Waals surface area contributed by atoms with E-state index in [1.165, 1.54) is 12.0 Å². The molecule has 0 bridgehead atoms. The summed E-state index contributed by atoms with van der Waals surface area (Å²) in [5, 5.41) is 2.83. The van der Waals surface area contributed by atoms with Gasteiger partial charge in [0.2, 0.25) is 0 Å². The van der Waals surface area contributed by atoms with E-state index < -0.39 is 0 Å². The lowest BCUT2D eigenvalue weighted by Crippen LogP contribution is -2.14. The molecule has 1 aromatic heterocycles. The van der Waals surface area contributed by atoms with Crippen LogP contribution in [0.2, 0.25) is 0 Å². The van der Waals surface area contributed by atoms with Gasteiger partial charge in [-0.15, -0.1) is 0 Å². The number of aliphatic imine (C=N–C) groups is 1. The second-order valence-corrected chi connectivity index (χ2v) is 5.60. The number of amidine groups is 1. The molecule has 1 aromatic carbocycles. The molecule has 1 atom stereocenters. The number of hydrogen-bond donors (Lipinski definition) is 2. The number of rotatable bonds is 6. The Morgan fingerprint density at radius 3 is 2.83 bits per heavy atom. The van der Waals surface area contributed by atoms with Crippen LogP contribution in [0.1, 0.15) is 35.2 Å². The third-order valence-corrected chi connectivity index (χ3v) is 3.89. The zero-order valence-corrected chi connectivity index (χ0v) is 13.5. The van der Waals surface area contributed by atoms with Crippen molar-refractivity contribution in [3.05, 3.63) is 47.7 Å². The lowest BCUT2D eigenvalue weighted by atomic mass is 10.1. The number of hydrogen-bond acceptors (Lipinski definition) is 6. The van der Waals surface area contributed by atoms with Gasteiger partial charge in [0.25, 0.3) is 11.9 Å². The molecule has 7 heteroatoms. The average molecular weight is 328 g/mol. The van der Waals surface area contributed by atoms with Crippen LogP contribution in [0.5, 0.6) is 0 Å². The normalized spacial score (nSPS) is 16.5. The Kier molecular flexibility index (Phi) is 4.79. The molecular formula is C17H20N4O3. The van der Waals surface area contributed by atoms with Crippen molar-refractivity contribution >= 4 is 17.6 Å². The van der Waals surface area contributed by atoms with Crippen molar-refractivity contribution in [1.82, 2.24) is 4.98 Å². The van der Waals surface area contributed by atoms with Gasteiger partial charge in [-0.25, -0.2) is 9.98 Å². The predicted octanol–water partition coefficient (Wildman–Crippen LogP) is 2.14. The van der Waals surface area contributed by atoms with Gasteiger partial charge in [-0.3, -0.25) is 4.79 Å². The SMILES string of the molecule is CCc1ocnc1C(=O)Nc1ccc(CC[C@H]2COC(N)=N2)cc1. The molecule has 0 saturated heterocycles. The quantitative estimate of drug-likeness (QED) is 0.845. The molecule has 0 fully saturated rings. The van der Waals surface area contributed by atoms with E-state index in [2.05, 4.69) is 15.3 Å². The summed E-state index contributed by atoms with van der Waals surface area (Å²) in [6.45, 7) is 2.47. The first-order valence-corrected chi connectivity index (χ1v) is 7.94. The number of benzene rings is 1. The first-order valence-electron chi connectivity index (χ1n) is 7.94. The fraction of sp³-hybridized carbons (Fsp3) is 0.353. The molecule has 0 saturated carbocycles. The number of amides is 1. The van der Waals surface area contributed by atoms with Crippen LogP contribution in [0.15, 0.2) is 40.1 Å². The Hall–Kier alpha value is -2.83. The molecule has 1 aliphatic heterocycles. The number of oxazole rings is 1. The van der Waals surface area contributed by atoms with Crippen LogP contribution in [-0.2, 0) is 17.6 Å². The molecule has 3 N–H and O–H groups in total. The van der Waals surface area contributed by atoms with Crippen LogP contribution >= 0.6 is 0 Å². The third kappa shape index (κ3) is 3.73. The summed E-state index contributed by atoms with van der Waals surface area (Å²) >= 11 is 0. The average Bonchev–Trinajstić information content (AvgIpc) is 3.22. The summed E-state index contributed by atoms with van der Waals surface area (Å²) in [5.41, 5.74) is 7.72. The Balaban J connectivity index is 1.55. The van der Waals surface area contributed by atoms with E-state index in [0.29, 0.717) is 24.5 Å². The van der Waals surface area contributed by atoms with Crippen LogP contribution in [0.4, 0.5) is 5.69 Å². The summed E-state index contributed by atoms with van der Waals surface area (Å²) < 4.78 is 10.3. The highest BCUT2D eigenvalue weighted by molar-refractivity contribution is 6.03. The van der Waals surface area contributed by atoms with Crippen molar-refractivity contribution in [2.24, 2.45) is 10.7 Å². The van der Waals surface area contributed by atoms with Gasteiger partial charge in [-0.05, 0) is 30.5 Å². The molecule has 0 unspecified atom stereocenters. The molecular weight excluding hydrogens is 308 g/mol. The van der Waals surface area contributed by atoms with Crippen molar-refractivity contribution in [1.29, 1.82) is 0 Å². The van der Waals surface area contributed by atoms with Crippen LogP contribution < -0.4 is 11.1 Å². The van der Waals surface area contributed by atoms with E-state index in [1.54, 1.807) is 0 Å². The van der Waals surface area contributed by atoms with Gasteiger partial charge in [0.05, 0.1) is 6.04 Å². The Morgan fingerprint density at radius 2 is 2.17 bits per heavy atom. The standard InChI is InChI=1S/C17H20N4O3/c1-2-14-15(19-10-24-14)16(22)20-12-6-3-11(4-7-12)5-8-13-9-23-17(18)21-13/h3-4,6-7,10,13H,2,5,8-9H2,1H3,(H2,18,21)(H,20,22)/t13-/m0/s1. The minimum Gasteiger partial charge on any atom is -0.463 e. The van der Waals surface area contributed by atoms with Gasteiger partial charge in [0.1, 0.15) is 12.4 Å². The van der Waals surface area contributed by atoms with Crippen LogP contribution in [0.25, 0.3) is 0 Å². The van der Waals surface area contributed by atoms with Crippen molar-refractivity contribution in [3.63, 3.8) is 0 Å². The maximum atomic E-state index is 12.2. The van der Waals surface area contributed by atoms with Gasteiger partial charge in [0, 0.05) is 12.1 Å². The lowest BCUT2D eigenvalue weighted by Gasteiger charge is -2.07. The van der Waals surface area contributed by atoms with Gasteiger partial charge < -0.3 is 20.2 Å². The van der Waals surface area contributed by atoms with E-state index in [-0.39, 0.29) is 18.0 Å². The number of aryl methyl sites for hydroxylation is 2. The molecule has 1 amide bonds. The summed E-state index contributed by atoms with van der Waals surface area (Å²) in [6.07, 6.45) is 3.67. The van der Waals surface area contributed by atoms with Crippen LogP contribution in [-0.4, -0.2) is 29.6 Å².